The minimum Gasteiger partial charge on any atom is -0.497 e. The van der Waals surface area contributed by atoms with Gasteiger partial charge in [0.2, 0.25) is 0 Å². The number of aliphatic hydroxyl groups is 1. The first kappa shape index (κ1) is 24.8. The van der Waals surface area contributed by atoms with Gasteiger partial charge in [0.1, 0.15) is 5.76 Å². The first-order valence-electron chi connectivity index (χ1n) is 12.7. The molecule has 5 heteroatoms. The van der Waals surface area contributed by atoms with Gasteiger partial charge in [-0.2, -0.15) is 0 Å². The second kappa shape index (κ2) is 11.4. The average molecular weight is 475 g/mol. The monoisotopic (exact) mass is 474 g/mol. The van der Waals surface area contributed by atoms with Crippen molar-refractivity contribution >= 4 is 11.6 Å². The van der Waals surface area contributed by atoms with Crippen LogP contribution in [0.5, 0.6) is 0 Å². The number of benzene rings is 1. The molecule has 2 fully saturated rings. The van der Waals surface area contributed by atoms with Crippen LogP contribution in [0.2, 0.25) is 0 Å². The van der Waals surface area contributed by atoms with Crippen molar-refractivity contribution in [3.8, 4) is 0 Å². The Morgan fingerprint density at radius 1 is 1.03 bits per heavy atom. The Balaban J connectivity index is 1.60. The summed E-state index contributed by atoms with van der Waals surface area (Å²) in [6, 6.07) is 8.81. The SMILES string of the molecule is CCc1ccc(CC2=C(Cl)C=C3OCCCCCCOCC4CC(O)CC(O4)C3(C)C2)cc1. The first-order valence-corrected chi connectivity index (χ1v) is 13.1. The lowest BCUT2D eigenvalue weighted by molar-refractivity contribution is -0.160. The zero-order valence-electron chi connectivity index (χ0n) is 20.2. The van der Waals surface area contributed by atoms with Gasteiger partial charge in [0.25, 0.3) is 0 Å². The molecule has 0 aromatic heterocycles. The second-order valence-electron chi connectivity index (χ2n) is 10.1. The lowest BCUT2D eigenvalue weighted by Gasteiger charge is -2.46. The number of aryl methyl sites for hydroxylation is 1. The average Bonchev–Trinajstić information content (AvgIpc) is 2.80. The maximum absolute atomic E-state index is 10.7. The molecule has 2 aliphatic heterocycles. The highest BCUT2D eigenvalue weighted by Crippen LogP contribution is 2.48. The minimum absolute atomic E-state index is 0.0915. The van der Waals surface area contributed by atoms with Crippen LogP contribution in [0.15, 0.2) is 46.7 Å². The van der Waals surface area contributed by atoms with Gasteiger partial charge in [-0.05, 0) is 68.2 Å². The summed E-state index contributed by atoms with van der Waals surface area (Å²) in [4.78, 5) is 0. The van der Waals surface area contributed by atoms with Gasteiger partial charge >= 0.3 is 0 Å². The normalized spacial score (nSPS) is 31.8. The van der Waals surface area contributed by atoms with Crippen LogP contribution in [0.3, 0.4) is 0 Å². The van der Waals surface area contributed by atoms with E-state index in [1.54, 1.807) is 0 Å². The van der Waals surface area contributed by atoms with Crippen LogP contribution >= 0.6 is 11.6 Å². The molecule has 182 valence electrons. The molecular weight excluding hydrogens is 436 g/mol. The molecule has 4 nitrogen and oxygen atoms in total. The van der Waals surface area contributed by atoms with Crippen LogP contribution in [0.1, 0.15) is 69.9 Å². The molecule has 1 aromatic carbocycles. The predicted octanol–water partition coefficient (Wildman–Crippen LogP) is 6.09. The Hall–Kier alpha value is -1.33. The van der Waals surface area contributed by atoms with Crippen molar-refractivity contribution < 1.29 is 19.3 Å². The molecule has 0 saturated carbocycles. The van der Waals surface area contributed by atoms with Gasteiger partial charge in [-0.25, -0.2) is 0 Å². The second-order valence-corrected chi connectivity index (χ2v) is 10.5. The molecule has 4 atom stereocenters. The van der Waals surface area contributed by atoms with Crippen molar-refractivity contribution in [1.29, 1.82) is 0 Å². The molecule has 1 aliphatic carbocycles. The van der Waals surface area contributed by atoms with Gasteiger partial charge in [0, 0.05) is 24.5 Å². The van der Waals surface area contributed by atoms with Crippen LogP contribution in [-0.4, -0.2) is 43.2 Å². The maximum atomic E-state index is 10.7. The predicted molar refractivity (Wildman–Crippen MR) is 132 cm³/mol. The van der Waals surface area contributed by atoms with E-state index in [1.165, 1.54) is 16.7 Å². The smallest absolute Gasteiger partial charge is 0.106 e. The summed E-state index contributed by atoms with van der Waals surface area (Å²) in [5.74, 6) is 0.897. The largest absolute Gasteiger partial charge is 0.497 e. The summed E-state index contributed by atoms with van der Waals surface area (Å²) in [5, 5.41) is 11.5. The van der Waals surface area contributed by atoms with Crippen molar-refractivity contribution in [3.05, 3.63) is 57.8 Å². The molecule has 2 saturated heterocycles. The van der Waals surface area contributed by atoms with Crippen LogP contribution < -0.4 is 0 Å². The molecule has 3 aliphatic rings. The molecular formula is C28H39ClO4. The van der Waals surface area contributed by atoms with Crippen LogP contribution in [0.25, 0.3) is 0 Å². The number of rotatable bonds is 3. The third-order valence-electron chi connectivity index (χ3n) is 7.42. The fourth-order valence-corrected chi connectivity index (χ4v) is 5.56. The summed E-state index contributed by atoms with van der Waals surface area (Å²) < 4.78 is 18.8. The highest BCUT2D eigenvalue weighted by atomic mass is 35.5. The summed E-state index contributed by atoms with van der Waals surface area (Å²) in [6.45, 7) is 6.36. The third-order valence-corrected chi connectivity index (χ3v) is 7.80. The topological polar surface area (TPSA) is 47.9 Å². The van der Waals surface area contributed by atoms with E-state index in [9.17, 15) is 5.11 Å². The zero-order chi connectivity index (χ0) is 23.3. The number of allylic oxidation sites excluding steroid dienone is 3. The van der Waals surface area contributed by atoms with E-state index in [-0.39, 0.29) is 17.6 Å². The Morgan fingerprint density at radius 3 is 2.52 bits per heavy atom. The van der Waals surface area contributed by atoms with Crippen molar-refractivity contribution in [2.24, 2.45) is 5.41 Å². The fourth-order valence-electron chi connectivity index (χ4n) is 5.33. The van der Waals surface area contributed by atoms with Crippen LogP contribution in [0, 0.1) is 5.41 Å². The molecule has 4 rings (SSSR count). The molecule has 0 radical (unpaired) electrons. The number of hydrogen-bond acceptors (Lipinski definition) is 4. The van der Waals surface area contributed by atoms with Crippen molar-refractivity contribution in [2.75, 3.05) is 19.8 Å². The van der Waals surface area contributed by atoms with E-state index < -0.39 is 6.10 Å². The molecule has 33 heavy (non-hydrogen) atoms. The van der Waals surface area contributed by atoms with E-state index in [1.807, 2.05) is 6.08 Å². The number of halogens is 1. The quantitative estimate of drug-likeness (QED) is 0.575. The van der Waals surface area contributed by atoms with Crippen molar-refractivity contribution in [1.82, 2.24) is 0 Å². The zero-order valence-corrected chi connectivity index (χ0v) is 20.9. The molecule has 1 aromatic rings. The number of fused-ring (bicyclic) bond motifs is 4. The minimum atomic E-state index is -0.394. The van der Waals surface area contributed by atoms with Gasteiger partial charge < -0.3 is 19.3 Å². The number of ether oxygens (including phenoxy) is 3. The van der Waals surface area contributed by atoms with Gasteiger partial charge in [-0.3, -0.25) is 0 Å². The van der Waals surface area contributed by atoms with Crippen molar-refractivity contribution in [2.45, 2.75) is 89.9 Å². The van der Waals surface area contributed by atoms with Crippen molar-refractivity contribution in [3.63, 3.8) is 0 Å². The number of hydrogen-bond donors (Lipinski definition) is 1. The Morgan fingerprint density at radius 2 is 1.76 bits per heavy atom. The lowest BCUT2D eigenvalue weighted by atomic mass is 9.70. The molecule has 0 amide bonds. The number of aliphatic hydroxyl groups excluding tert-OH is 1. The molecule has 2 bridgehead atoms. The van der Waals surface area contributed by atoms with E-state index >= 15 is 0 Å². The van der Waals surface area contributed by atoms with Crippen LogP contribution in [0.4, 0.5) is 0 Å². The molecule has 0 spiro atoms. The highest BCUT2D eigenvalue weighted by Gasteiger charge is 2.47. The fraction of sp³-hybridized carbons (Fsp3) is 0.643. The van der Waals surface area contributed by atoms with Gasteiger partial charge in [-0.1, -0.05) is 49.2 Å². The summed E-state index contributed by atoms with van der Waals surface area (Å²) >= 11 is 6.82. The first-order chi connectivity index (χ1) is 16.0. The Labute approximate surface area is 204 Å². The summed E-state index contributed by atoms with van der Waals surface area (Å²) in [7, 11) is 0. The molecule has 4 unspecified atom stereocenters. The van der Waals surface area contributed by atoms with Gasteiger partial charge in [-0.15, -0.1) is 0 Å². The summed E-state index contributed by atoms with van der Waals surface area (Å²) in [5.41, 5.74) is 3.43. The van der Waals surface area contributed by atoms with Gasteiger partial charge in [0.05, 0.1) is 36.9 Å². The molecule has 2 heterocycles. The maximum Gasteiger partial charge on any atom is 0.106 e. The van der Waals surface area contributed by atoms with E-state index in [2.05, 4.69) is 38.1 Å². The van der Waals surface area contributed by atoms with E-state index in [0.29, 0.717) is 26.1 Å². The van der Waals surface area contributed by atoms with E-state index in [4.69, 9.17) is 25.8 Å². The molecule has 1 N–H and O–H groups in total. The highest BCUT2D eigenvalue weighted by molar-refractivity contribution is 6.31. The Kier molecular flexibility index (Phi) is 8.56. The van der Waals surface area contributed by atoms with Crippen LogP contribution in [-0.2, 0) is 27.1 Å². The van der Waals surface area contributed by atoms with E-state index in [0.717, 1.165) is 62.3 Å². The van der Waals surface area contributed by atoms with Gasteiger partial charge in [0.15, 0.2) is 0 Å². The third kappa shape index (κ3) is 6.22. The Bertz CT molecular complexity index is 846. The standard InChI is InChI=1S/C28H39ClO4/c1-3-20-8-10-21(11-9-20)14-22-18-28(2)26(17-25(22)29)32-13-7-5-4-6-12-31-19-24-15-23(30)16-27(28)33-24/h8-11,17,23-24,27,30H,3-7,12-16,18-19H2,1-2H3. The lowest BCUT2D eigenvalue weighted by Crippen LogP contribution is -2.48. The summed E-state index contributed by atoms with van der Waals surface area (Å²) in [6.07, 6.45) is 9.56.